The zero-order valence-corrected chi connectivity index (χ0v) is 14.4. The summed E-state index contributed by atoms with van der Waals surface area (Å²) in [4.78, 5) is 16.7. The Hall–Kier alpha value is -2.20. The van der Waals surface area contributed by atoms with Crippen LogP contribution in [0.3, 0.4) is 0 Å². The number of hydrogen-bond acceptors (Lipinski definition) is 2. The number of aromatic amines is 1. The molecule has 0 radical (unpaired) electrons. The van der Waals surface area contributed by atoms with E-state index in [1.165, 1.54) is 5.39 Å². The molecule has 0 unspecified atom stereocenters. The number of aromatic nitrogens is 1. The number of fused-ring (bicyclic) bond motifs is 1. The van der Waals surface area contributed by atoms with E-state index in [9.17, 15) is 4.79 Å². The molecule has 1 amide bonds. The van der Waals surface area contributed by atoms with Crippen LogP contribution in [0.25, 0.3) is 10.9 Å². The lowest BCUT2D eigenvalue weighted by Crippen LogP contribution is -2.14. The number of carbonyl (C=O) groups is 1. The summed E-state index contributed by atoms with van der Waals surface area (Å²) in [6, 6.07) is 14.3. The first-order chi connectivity index (χ1) is 11.0. The van der Waals surface area contributed by atoms with E-state index in [1.807, 2.05) is 45.0 Å². The molecular weight excluding hydrogens is 304 g/mol. The Kier molecular flexibility index (Phi) is 4.44. The molecule has 2 N–H and O–H groups in total. The molecule has 0 bridgehead atoms. The normalized spacial score (nSPS) is 10.9. The number of anilines is 1. The molecule has 1 heterocycles. The molecule has 0 aliphatic carbocycles. The Labute approximate surface area is 140 Å². The van der Waals surface area contributed by atoms with Gasteiger partial charge in [-0.2, -0.15) is 0 Å². The second-order valence-electron chi connectivity index (χ2n) is 5.84. The maximum absolute atomic E-state index is 12.2. The van der Waals surface area contributed by atoms with Gasteiger partial charge in [0.25, 0.3) is 0 Å². The second kappa shape index (κ2) is 6.50. The number of hydrogen-bond donors (Lipinski definition) is 2. The molecule has 0 atom stereocenters. The van der Waals surface area contributed by atoms with Crippen LogP contribution in [0.2, 0.25) is 0 Å². The molecule has 1 aromatic heterocycles. The van der Waals surface area contributed by atoms with Crippen molar-refractivity contribution in [2.75, 3.05) is 11.1 Å². The van der Waals surface area contributed by atoms with Gasteiger partial charge < -0.3 is 10.3 Å². The summed E-state index contributed by atoms with van der Waals surface area (Å²) in [5.74, 6) is 0.417. The van der Waals surface area contributed by atoms with Gasteiger partial charge in [-0.15, -0.1) is 11.8 Å². The molecule has 23 heavy (non-hydrogen) atoms. The molecule has 0 fully saturated rings. The van der Waals surface area contributed by atoms with E-state index in [4.69, 9.17) is 0 Å². The van der Waals surface area contributed by atoms with E-state index in [0.29, 0.717) is 5.75 Å². The molecule has 118 valence electrons. The van der Waals surface area contributed by atoms with Gasteiger partial charge in [0.2, 0.25) is 5.91 Å². The summed E-state index contributed by atoms with van der Waals surface area (Å²) in [7, 11) is 0. The van der Waals surface area contributed by atoms with E-state index in [0.717, 1.165) is 32.9 Å². The Morgan fingerprint density at radius 3 is 2.52 bits per heavy atom. The Morgan fingerprint density at radius 1 is 1.09 bits per heavy atom. The third kappa shape index (κ3) is 3.59. The fourth-order valence-electron chi connectivity index (χ4n) is 2.82. The lowest BCUT2D eigenvalue weighted by Gasteiger charge is -2.07. The smallest absolute Gasteiger partial charge is 0.234 e. The van der Waals surface area contributed by atoms with Gasteiger partial charge in [0, 0.05) is 27.2 Å². The van der Waals surface area contributed by atoms with Crippen molar-refractivity contribution >= 4 is 34.3 Å². The van der Waals surface area contributed by atoms with Gasteiger partial charge in [-0.3, -0.25) is 4.79 Å². The first-order valence-electron chi connectivity index (χ1n) is 7.61. The zero-order valence-electron chi connectivity index (χ0n) is 13.6. The highest BCUT2D eigenvalue weighted by Crippen LogP contribution is 2.31. The van der Waals surface area contributed by atoms with Crippen LogP contribution in [0, 0.1) is 20.8 Å². The van der Waals surface area contributed by atoms with Crippen LogP contribution in [-0.4, -0.2) is 16.6 Å². The minimum Gasteiger partial charge on any atom is -0.358 e. The predicted octanol–water partition coefficient (Wildman–Crippen LogP) is 4.82. The van der Waals surface area contributed by atoms with Crippen molar-refractivity contribution in [3.05, 3.63) is 59.3 Å². The third-order valence-corrected chi connectivity index (χ3v) is 4.91. The predicted molar refractivity (Wildman–Crippen MR) is 98.3 cm³/mol. The van der Waals surface area contributed by atoms with Gasteiger partial charge in [0.05, 0.1) is 5.75 Å². The number of benzene rings is 2. The largest absolute Gasteiger partial charge is 0.358 e. The van der Waals surface area contributed by atoms with Gasteiger partial charge in [-0.05, 0) is 50.1 Å². The highest BCUT2D eigenvalue weighted by atomic mass is 32.2. The van der Waals surface area contributed by atoms with Crippen LogP contribution in [-0.2, 0) is 4.79 Å². The average Bonchev–Trinajstić information content (AvgIpc) is 2.79. The number of nitrogens with one attached hydrogen (secondary N) is 2. The minimum atomic E-state index is 0.0182. The Bertz CT molecular complexity index is 847. The van der Waals surface area contributed by atoms with Crippen LogP contribution < -0.4 is 5.32 Å². The molecule has 0 spiro atoms. The van der Waals surface area contributed by atoms with E-state index in [1.54, 1.807) is 11.8 Å². The second-order valence-corrected chi connectivity index (χ2v) is 6.82. The molecule has 3 rings (SSSR count). The quantitative estimate of drug-likeness (QED) is 0.676. The summed E-state index contributed by atoms with van der Waals surface area (Å²) in [5, 5.41) is 4.16. The number of aryl methyl sites for hydroxylation is 3. The standard InChI is InChI=1S/C19H20N2OS/c1-12-8-13(2)10-15(9-12)21-18(22)11-23-19-14(3)20-17-7-5-4-6-16(17)19/h4-10,20H,11H2,1-3H3,(H,21,22). The lowest BCUT2D eigenvalue weighted by molar-refractivity contribution is -0.113. The number of H-pyrrole nitrogens is 1. The highest BCUT2D eigenvalue weighted by Gasteiger charge is 2.11. The van der Waals surface area contributed by atoms with Crippen molar-refractivity contribution in [3.63, 3.8) is 0 Å². The molecule has 0 saturated carbocycles. The van der Waals surface area contributed by atoms with E-state index < -0.39 is 0 Å². The summed E-state index contributed by atoms with van der Waals surface area (Å²) < 4.78 is 0. The maximum atomic E-state index is 12.2. The maximum Gasteiger partial charge on any atom is 0.234 e. The topological polar surface area (TPSA) is 44.9 Å². The molecule has 0 aliphatic rings. The molecule has 2 aromatic carbocycles. The number of carbonyl (C=O) groups excluding carboxylic acids is 1. The van der Waals surface area contributed by atoms with Crippen molar-refractivity contribution < 1.29 is 4.79 Å². The molecule has 4 heteroatoms. The van der Waals surface area contributed by atoms with Crippen molar-refractivity contribution in [3.8, 4) is 0 Å². The number of thioether (sulfide) groups is 1. The van der Waals surface area contributed by atoms with Crippen molar-refractivity contribution in [2.24, 2.45) is 0 Å². The van der Waals surface area contributed by atoms with Gasteiger partial charge in [0.15, 0.2) is 0 Å². The fourth-order valence-corrected chi connectivity index (χ4v) is 3.77. The molecular formula is C19H20N2OS. The number of rotatable bonds is 4. The number of amides is 1. The number of para-hydroxylation sites is 1. The molecule has 0 saturated heterocycles. The molecule has 3 nitrogen and oxygen atoms in total. The van der Waals surface area contributed by atoms with Gasteiger partial charge in [0.1, 0.15) is 0 Å². The Morgan fingerprint density at radius 2 is 1.78 bits per heavy atom. The van der Waals surface area contributed by atoms with Crippen LogP contribution in [0.4, 0.5) is 5.69 Å². The SMILES string of the molecule is Cc1cc(C)cc(NC(=O)CSc2c(C)[nH]c3ccccc23)c1. The first-order valence-corrected chi connectivity index (χ1v) is 8.60. The molecule has 3 aromatic rings. The van der Waals surface area contributed by atoms with E-state index >= 15 is 0 Å². The average molecular weight is 324 g/mol. The van der Waals surface area contributed by atoms with Crippen LogP contribution >= 0.6 is 11.8 Å². The van der Waals surface area contributed by atoms with Gasteiger partial charge in [-0.1, -0.05) is 24.3 Å². The van der Waals surface area contributed by atoms with Crippen LogP contribution in [0.5, 0.6) is 0 Å². The van der Waals surface area contributed by atoms with Crippen molar-refractivity contribution in [2.45, 2.75) is 25.7 Å². The summed E-state index contributed by atoms with van der Waals surface area (Å²) in [5.41, 5.74) is 5.39. The van der Waals surface area contributed by atoms with Crippen molar-refractivity contribution in [1.29, 1.82) is 0 Å². The fraction of sp³-hybridized carbons (Fsp3) is 0.211. The van der Waals surface area contributed by atoms with Crippen molar-refractivity contribution in [1.82, 2.24) is 4.98 Å². The Balaban J connectivity index is 1.70. The lowest BCUT2D eigenvalue weighted by atomic mass is 10.1. The third-order valence-electron chi connectivity index (χ3n) is 3.69. The summed E-state index contributed by atoms with van der Waals surface area (Å²) in [6.45, 7) is 6.11. The highest BCUT2D eigenvalue weighted by molar-refractivity contribution is 8.00. The monoisotopic (exact) mass is 324 g/mol. The van der Waals surface area contributed by atoms with Gasteiger partial charge in [-0.25, -0.2) is 0 Å². The first kappa shape index (κ1) is 15.7. The van der Waals surface area contributed by atoms with Crippen LogP contribution in [0.15, 0.2) is 47.4 Å². The summed E-state index contributed by atoms with van der Waals surface area (Å²) >= 11 is 1.58. The van der Waals surface area contributed by atoms with E-state index in [2.05, 4.69) is 28.5 Å². The molecule has 0 aliphatic heterocycles. The zero-order chi connectivity index (χ0) is 16.4. The van der Waals surface area contributed by atoms with E-state index in [-0.39, 0.29) is 5.91 Å². The minimum absolute atomic E-state index is 0.0182. The van der Waals surface area contributed by atoms with Gasteiger partial charge >= 0.3 is 0 Å². The summed E-state index contributed by atoms with van der Waals surface area (Å²) in [6.07, 6.45) is 0. The van der Waals surface area contributed by atoms with Crippen LogP contribution in [0.1, 0.15) is 16.8 Å².